The standard InChI is InChI=1S/C13H21NOS2/c1(2-5-14-6-8-15-9-7-14)3-10-17-13-4-11-16-12-13/h4,11-12H,1-3,5-10H2. The van der Waals surface area contributed by atoms with Crippen molar-refractivity contribution < 1.29 is 4.74 Å². The van der Waals surface area contributed by atoms with Gasteiger partial charge in [0.05, 0.1) is 13.2 Å². The number of rotatable bonds is 7. The molecule has 0 unspecified atom stereocenters. The first-order valence-electron chi connectivity index (χ1n) is 6.40. The Morgan fingerprint density at radius 3 is 2.88 bits per heavy atom. The first-order chi connectivity index (χ1) is 8.45. The van der Waals surface area contributed by atoms with Crippen molar-refractivity contribution in [2.75, 3.05) is 38.6 Å². The second kappa shape index (κ2) is 8.14. The van der Waals surface area contributed by atoms with E-state index in [9.17, 15) is 0 Å². The fraction of sp³-hybridized carbons (Fsp3) is 0.692. The van der Waals surface area contributed by atoms with Crippen LogP contribution in [0.5, 0.6) is 0 Å². The minimum absolute atomic E-state index is 0.925. The van der Waals surface area contributed by atoms with Crippen molar-refractivity contribution in [1.82, 2.24) is 4.90 Å². The predicted octanol–water partition coefficient (Wildman–Crippen LogP) is 3.34. The van der Waals surface area contributed by atoms with Crippen LogP contribution >= 0.6 is 23.1 Å². The number of hydrogen-bond acceptors (Lipinski definition) is 4. The number of hydrogen-bond donors (Lipinski definition) is 0. The van der Waals surface area contributed by atoms with E-state index in [1.165, 1.54) is 36.5 Å². The highest BCUT2D eigenvalue weighted by atomic mass is 32.2. The lowest BCUT2D eigenvalue weighted by molar-refractivity contribution is 0.0372. The van der Waals surface area contributed by atoms with Crippen LogP contribution in [0.1, 0.15) is 19.3 Å². The molecule has 0 saturated carbocycles. The molecule has 0 atom stereocenters. The molecule has 4 heteroatoms. The molecule has 1 fully saturated rings. The molecule has 0 aromatic carbocycles. The van der Waals surface area contributed by atoms with Gasteiger partial charge in [-0.15, -0.1) is 11.8 Å². The topological polar surface area (TPSA) is 12.5 Å². The molecule has 1 saturated heterocycles. The second-order valence-corrected chi connectivity index (χ2v) is 6.27. The van der Waals surface area contributed by atoms with E-state index in [1.54, 1.807) is 11.3 Å². The van der Waals surface area contributed by atoms with Crippen LogP contribution in [0.3, 0.4) is 0 Å². The van der Waals surface area contributed by atoms with Gasteiger partial charge in [0.2, 0.25) is 0 Å². The molecule has 0 radical (unpaired) electrons. The summed E-state index contributed by atoms with van der Waals surface area (Å²) in [4.78, 5) is 3.96. The maximum absolute atomic E-state index is 5.34. The Bertz CT molecular complexity index is 284. The molecule has 2 heterocycles. The summed E-state index contributed by atoms with van der Waals surface area (Å²) in [6.07, 6.45) is 4.03. The second-order valence-electron chi connectivity index (χ2n) is 4.32. The van der Waals surface area contributed by atoms with E-state index in [0.29, 0.717) is 0 Å². The molecule has 0 bridgehead atoms. The molecule has 0 spiro atoms. The molecular formula is C13H21NOS2. The number of thioether (sulfide) groups is 1. The van der Waals surface area contributed by atoms with Gasteiger partial charge in [-0.1, -0.05) is 6.42 Å². The Labute approximate surface area is 112 Å². The number of thiophene rings is 1. The minimum atomic E-state index is 0.925. The van der Waals surface area contributed by atoms with Gasteiger partial charge in [0.1, 0.15) is 0 Å². The summed E-state index contributed by atoms with van der Waals surface area (Å²) in [6, 6.07) is 2.21. The van der Waals surface area contributed by atoms with Gasteiger partial charge in [-0.2, -0.15) is 11.3 Å². The van der Waals surface area contributed by atoms with Crippen LogP contribution in [-0.2, 0) is 4.74 Å². The van der Waals surface area contributed by atoms with Gasteiger partial charge in [0, 0.05) is 23.4 Å². The van der Waals surface area contributed by atoms with E-state index in [0.717, 1.165) is 26.3 Å². The number of nitrogens with zero attached hydrogens (tertiary/aromatic N) is 1. The minimum Gasteiger partial charge on any atom is -0.379 e. The van der Waals surface area contributed by atoms with Crippen LogP contribution < -0.4 is 0 Å². The van der Waals surface area contributed by atoms with E-state index in [1.807, 2.05) is 11.8 Å². The van der Waals surface area contributed by atoms with Gasteiger partial charge in [-0.3, -0.25) is 4.90 Å². The third-order valence-electron chi connectivity index (χ3n) is 2.99. The molecule has 0 aliphatic carbocycles. The summed E-state index contributed by atoms with van der Waals surface area (Å²) < 4.78 is 5.34. The molecule has 2 nitrogen and oxygen atoms in total. The van der Waals surface area contributed by atoms with Crippen molar-refractivity contribution in [1.29, 1.82) is 0 Å². The summed E-state index contributed by atoms with van der Waals surface area (Å²) in [6.45, 7) is 5.36. The van der Waals surface area contributed by atoms with Gasteiger partial charge in [0.15, 0.2) is 0 Å². The monoisotopic (exact) mass is 271 g/mol. The maximum Gasteiger partial charge on any atom is 0.0594 e. The molecule has 0 N–H and O–H groups in total. The summed E-state index contributed by atoms with van der Waals surface area (Å²) in [5.41, 5.74) is 0. The van der Waals surface area contributed by atoms with E-state index < -0.39 is 0 Å². The van der Waals surface area contributed by atoms with E-state index in [4.69, 9.17) is 4.74 Å². The predicted molar refractivity (Wildman–Crippen MR) is 76.2 cm³/mol. The normalized spacial score (nSPS) is 17.4. The third-order valence-corrected chi connectivity index (χ3v) is 4.90. The lowest BCUT2D eigenvalue weighted by Gasteiger charge is -2.26. The zero-order valence-electron chi connectivity index (χ0n) is 10.3. The van der Waals surface area contributed by atoms with Crippen LogP contribution in [0.2, 0.25) is 0 Å². The van der Waals surface area contributed by atoms with E-state index >= 15 is 0 Å². The van der Waals surface area contributed by atoms with E-state index in [-0.39, 0.29) is 0 Å². The van der Waals surface area contributed by atoms with Crippen molar-refractivity contribution in [2.45, 2.75) is 24.2 Å². The average Bonchev–Trinajstić information content (AvgIpc) is 2.88. The molecule has 17 heavy (non-hydrogen) atoms. The van der Waals surface area contributed by atoms with Gasteiger partial charge < -0.3 is 4.74 Å². The number of ether oxygens (including phenoxy) is 1. The fourth-order valence-corrected chi connectivity index (χ4v) is 3.75. The Hall–Kier alpha value is -0.0300. The fourth-order valence-electron chi connectivity index (χ4n) is 1.96. The molecule has 2 rings (SSSR count). The van der Waals surface area contributed by atoms with Crippen LogP contribution in [0.15, 0.2) is 21.7 Å². The molecule has 1 aromatic heterocycles. The van der Waals surface area contributed by atoms with E-state index in [2.05, 4.69) is 21.7 Å². The SMILES string of the molecule is c1cc(SCCCCCN2CCOCC2)cs1. The lowest BCUT2D eigenvalue weighted by Crippen LogP contribution is -2.36. The van der Waals surface area contributed by atoms with Gasteiger partial charge in [-0.05, 0) is 36.6 Å². The van der Waals surface area contributed by atoms with Crippen molar-refractivity contribution >= 4 is 23.1 Å². The first kappa shape index (κ1) is 13.4. The van der Waals surface area contributed by atoms with Crippen molar-refractivity contribution in [3.8, 4) is 0 Å². The third kappa shape index (κ3) is 5.42. The zero-order chi connectivity index (χ0) is 11.8. The molecular weight excluding hydrogens is 250 g/mol. The van der Waals surface area contributed by atoms with Crippen LogP contribution in [-0.4, -0.2) is 43.5 Å². The van der Waals surface area contributed by atoms with Crippen LogP contribution in [0.4, 0.5) is 0 Å². The Kier molecular flexibility index (Phi) is 6.42. The van der Waals surface area contributed by atoms with Crippen LogP contribution in [0.25, 0.3) is 0 Å². The number of unbranched alkanes of at least 4 members (excludes halogenated alkanes) is 2. The Balaban J connectivity index is 1.43. The molecule has 96 valence electrons. The molecule has 0 amide bonds. The highest BCUT2D eigenvalue weighted by Crippen LogP contribution is 2.21. The Morgan fingerprint density at radius 1 is 1.24 bits per heavy atom. The van der Waals surface area contributed by atoms with Crippen molar-refractivity contribution in [3.63, 3.8) is 0 Å². The van der Waals surface area contributed by atoms with Gasteiger partial charge >= 0.3 is 0 Å². The average molecular weight is 271 g/mol. The highest BCUT2D eigenvalue weighted by molar-refractivity contribution is 7.99. The molecule has 1 aliphatic rings. The molecule has 1 aliphatic heterocycles. The summed E-state index contributed by atoms with van der Waals surface area (Å²) in [5, 5.41) is 4.39. The van der Waals surface area contributed by atoms with Gasteiger partial charge in [0.25, 0.3) is 0 Å². The molecule has 1 aromatic rings. The largest absolute Gasteiger partial charge is 0.379 e. The first-order valence-corrected chi connectivity index (χ1v) is 8.33. The number of morpholine rings is 1. The summed E-state index contributed by atoms with van der Waals surface area (Å²) in [7, 11) is 0. The van der Waals surface area contributed by atoms with Crippen molar-refractivity contribution in [3.05, 3.63) is 16.8 Å². The maximum atomic E-state index is 5.34. The smallest absolute Gasteiger partial charge is 0.0594 e. The Morgan fingerprint density at radius 2 is 2.12 bits per heavy atom. The summed E-state index contributed by atoms with van der Waals surface area (Å²) >= 11 is 3.78. The summed E-state index contributed by atoms with van der Waals surface area (Å²) in [5.74, 6) is 1.26. The quantitative estimate of drug-likeness (QED) is 0.557. The van der Waals surface area contributed by atoms with Crippen molar-refractivity contribution in [2.24, 2.45) is 0 Å². The van der Waals surface area contributed by atoms with Gasteiger partial charge in [-0.25, -0.2) is 0 Å². The lowest BCUT2D eigenvalue weighted by atomic mass is 10.2. The van der Waals surface area contributed by atoms with Crippen LogP contribution in [0, 0.1) is 0 Å². The zero-order valence-corrected chi connectivity index (χ0v) is 11.9. The highest BCUT2D eigenvalue weighted by Gasteiger charge is 2.08.